The number of rotatable bonds is 1. The molecule has 16 heavy (non-hydrogen) atoms. The molecule has 0 amide bonds. The molecule has 86 valence electrons. The minimum absolute atomic E-state index is 0.330. The monoisotopic (exact) mass is 222 g/mol. The van der Waals surface area contributed by atoms with E-state index in [9.17, 15) is 9.50 Å². The van der Waals surface area contributed by atoms with Crippen molar-refractivity contribution in [3.63, 3.8) is 0 Å². The number of fused-ring (bicyclic) bond motifs is 2. The zero-order valence-corrected chi connectivity index (χ0v) is 8.99. The van der Waals surface area contributed by atoms with Crippen molar-refractivity contribution in [2.24, 2.45) is 0 Å². The summed E-state index contributed by atoms with van der Waals surface area (Å²) in [5, 5.41) is 14.0. The smallest absolute Gasteiger partial charge is 0.147 e. The SMILES string of the molecule is OC1(c2ccncc2F)CC2CCC(C1)N2. The van der Waals surface area contributed by atoms with Crippen molar-refractivity contribution in [1.29, 1.82) is 0 Å². The van der Waals surface area contributed by atoms with Gasteiger partial charge in [-0.1, -0.05) is 0 Å². The summed E-state index contributed by atoms with van der Waals surface area (Å²) in [5.74, 6) is -0.397. The third-order valence-corrected chi connectivity index (χ3v) is 3.78. The van der Waals surface area contributed by atoms with Gasteiger partial charge in [-0.25, -0.2) is 4.39 Å². The van der Waals surface area contributed by atoms with Gasteiger partial charge in [-0.3, -0.25) is 4.98 Å². The fourth-order valence-electron chi connectivity index (χ4n) is 3.10. The van der Waals surface area contributed by atoms with E-state index in [2.05, 4.69) is 10.3 Å². The van der Waals surface area contributed by atoms with Crippen LogP contribution in [0.3, 0.4) is 0 Å². The Kier molecular flexibility index (Phi) is 2.23. The molecule has 3 heterocycles. The van der Waals surface area contributed by atoms with Crippen LogP contribution in [0.1, 0.15) is 31.2 Å². The van der Waals surface area contributed by atoms with Gasteiger partial charge in [-0.05, 0) is 31.7 Å². The topological polar surface area (TPSA) is 45.2 Å². The average Bonchev–Trinajstić information content (AvgIpc) is 2.59. The average molecular weight is 222 g/mol. The Balaban J connectivity index is 1.96. The summed E-state index contributed by atoms with van der Waals surface area (Å²) in [5.41, 5.74) is -0.606. The van der Waals surface area contributed by atoms with Crippen LogP contribution in [0.15, 0.2) is 18.5 Å². The lowest BCUT2D eigenvalue weighted by molar-refractivity contribution is -0.0144. The third-order valence-electron chi connectivity index (χ3n) is 3.78. The number of halogens is 1. The Morgan fingerprint density at radius 2 is 2.06 bits per heavy atom. The Bertz CT molecular complexity index is 398. The van der Waals surface area contributed by atoms with Crippen LogP contribution in [0.4, 0.5) is 4.39 Å². The first-order valence-corrected chi connectivity index (χ1v) is 5.76. The van der Waals surface area contributed by atoms with E-state index >= 15 is 0 Å². The van der Waals surface area contributed by atoms with Crippen LogP contribution >= 0.6 is 0 Å². The lowest BCUT2D eigenvalue weighted by atomic mass is 9.82. The van der Waals surface area contributed by atoms with Crippen LogP contribution < -0.4 is 5.32 Å². The summed E-state index contributed by atoms with van der Waals surface area (Å²) in [6.07, 6.45) is 6.09. The molecule has 4 heteroatoms. The van der Waals surface area contributed by atoms with E-state index in [1.807, 2.05) is 0 Å². The second kappa shape index (κ2) is 3.50. The minimum atomic E-state index is -1.01. The summed E-state index contributed by atoms with van der Waals surface area (Å²) in [4.78, 5) is 3.72. The van der Waals surface area contributed by atoms with E-state index in [1.54, 1.807) is 12.3 Å². The van der Waals surface area contributed by atoms with E-state index in [4.69, 9.17) is 0 Å². The summed E-state index contributed by atoms with van der Waals surface area (Å²) in [7, 11) is 0. The molecule has 2 aliphatic heterocycles. The highest BCUT2D eigenvalue weighted by Crippen LogP contribution is 2.41. The van der Waals surface area contributed by atoms with Crippen molar-refractivity contribution in [2.45, 2.75) is 43.4 Å². The first kappa shape index (κ1) is 10.2. The van der Waals surface area contributed by atoms with E-state index in [1.165, 1.54) is 6.20 Å². The van der Waals surface area contributed by atoms with Gasteiger partial charge in [0.15, 0.2) is 0 Å². The van der Waals surface area contributed by atoms with Crippen LogP contribution in [-0.4, -0.2) is 22.2 Å². The van der Waals surface area contributed by atoms with Crippen molar-refractivity contribution < 1.29 is 9.50 Å². The van der Waals surface area contributed by atoms with Gasteiger partial charge in [0.25, 0.3) is 0 Å². The molecule has 2 atom stereocenters. The van der Waals surface area contributed by atoms with E-state index in [0.717, 1.165) is 12.8 Å². The molecule has 3 rings (SSSR count). The van der Waals surface area contributed by atoms with Crippen molar-refractivity contribution in [3.8, 4) is 0 Å². The highest BCUT2D eigenvalue weighted by molar-refractivity contribution is 5.24. The maximum atomic E-state index is 13.7. The molecule has 1 aromatic rings. The van der Waals surface area contributed by atoms with Crippen LogP contribution in [0.2, 0.25) is 0 Å². The summed E-state index contributed by atoms with van der Waals surface area (Å²) < 4.78 is 13.7. The second-order valence-corrected chi connectivity index (χ2v) is 4.93. The van der Waals surface area contributed by atoms with Gasteiger partial charge in [0.1, 0.15) is 5.82 Å². The van der Waals surface area contributed by atoms with E-state index in [0.29, 0.717) is 30.5 Å². The quantitative estimate of drug-likeness (QED) is 0.753. The first-order chi connectivity index (χ1) is 7.67. The van der Waals surface area contributed by atoms with Gasteiger partial charge in [0.05, 0.1) is 11.8 Å². The minimum Gasteiger partial charge on any atom is -0.385 e. The fraction of sp³-hybridized carbons (Fsp3) is 0.583. The maximum Gasteiger partial charge on any atom is 0.147 e. The van der Waals surface area contributed by atoms with Crippen molar-refractivity contribution in [2.75, 3.05) is 0 Å². The molecule has 2 N–H and O–H groups in total. The van der Waals surface area contributed by atoms with Crippen molar-refractivity contribution in [1.82, 2.24) is 10.3 Å². The second-order valence-electron chi connectivity index (χ2n) is 4.93. The molecule has 2 fully saturated rings. The van der Waals surface area contributed by atoms with Gasteiger partial charge in [-0.2, -0.15) is 0 Å². The van der Waals surface area contributed by atoms with Crippen LogP contribution in [0.25, 0.3) is 0 Å². The molecule has 0 radical (unpaired) electrons. The number of piperidine rings is 1. The number of nitrogens with zero attached hydrogens (tertiary/aromatic N) is 1. The molecule has 0 saturated carbocycles. The summed E-state index contributed by atoms with van der Waals surface area (Å²) in [6, 6.07) is 2.26. The number of hydrogen-bond acceptors (Lipinski definition) is 3. The third kappa shape index (κ3) is 1.53. The van der Waals surface area contributed by atoms with Crippen LogP contribution in [0.5, 0.6) is 0 Å². The normalized spacial score (nSPS) is 37.6. The number of nitrogens with one attached hydrogen (secondary N) is 1. The molecule has 2 bridgehead atoms. The summed E-state index contributed by atoms with van der Waals surface area (Å²) in [6.45, 7) is 0. The Hall–Kier alpha value is -1.00. The molecule has 2 aliphatic rings. The van der Waals surface area contributed by atoms with E-state index in [-0.39, 0.29) is 0 Å². The first-order valence-electron chi connectivity index (χ1n) is 5.76. The number of hydrogen-bond donors (Lipinski definition) is 2. The Labute approximate surface area is 93.7 Å². The number of aliphatic hydroxyl groups is 1. The predicted molar refractivity (Wildman–Crippen MR) is 57.3 cm³/mol. The van der Waals surface area contributed by atoms with Gasteiger partial charge >= 0.3 is 0 Å². The molecule has 0 aliphatic carbocycles. The molecule has 1 aromatic heterocycles. The standard InChI is InChI=1S/C12H15FN2O/c13-11-7-14-4-3-10(11)12(16)5-8-1-2-9(6-12)15-8/h3-4,7-9,15-16H,1-2,5-6H2. The highest BCUT2D eigenvalue weighted by Gasteiger charge is 2.44. The molecular weight excluding hydrogens is 207 g/mol. The van der Waals surface area contributed by atoms with Crippen molar-refractivity contribution >= 4 is 0 Å². The predicted octanol–water partition coefficient (Wildman–Crippen LogP) is 1.32. The number of pyridine rings is 1. The lowest BCUT2D eigenvalue weighted by Crippen LogP contribution is -2.47. The molecule has 0 aromatic carbocycles. The molecule has 3 nitrogen and oxygen atoms in total. The largest absolute Gasteiger partial charge is 0.385 e. The zero-order valence-electron chi connectivity index (χ0n) is 8.99. The fourth-order valence-corrected chi connectivity index (χ4v) is 3.10. The highest BCUT2D eigenvalue weighted by atomic mass is 19.1. The van der Waals surface area contributed by atoms with Crippen LogP contribution in [-0.2, 0) is 5.60 Å². The maximum absolute atomic E-state index is 13.7. The van der Waals surface area contributed by atoms with Gasteiger partial charge in [0, 0.05) is 23.8 Å². The van der Waals surface area contributed by atoms with Gasteiger partial charge < -0.3 is 10.4 Å². The van der Waals surface area contributed by atoms with Crippen LogP contribution in [0, 0.1) is 5.82 Å². The summed E-state index contributed by atoms with van der Waals surface area (Å²) >= 11 is 0. The lowest BCUT2D eigenvalue weighted by Gasteiger charge is -2.37. The molecule has 0 spiro atoms. The zero-order chi connectivity index (χ0) is 11.2. The molecule has 2 unspecified atom stereocenters. The van der Waals surface area contributed by atoms with Crippen molar-refractivity contribution in [3.05, 3.63) is 29.8 Å². The van der Waals surface area contributed by atoms with Gasteiger partial charge in [0.2, 0.25) is 0 Å². The number of aromatic nitrogens is 1. The van der Waals surface area contributed by atoms with Gasteiger partial charge in [-0.15, -0.1) is 0 Å². The van der Waals surface area contributed by atoms with E-state index < -0.39 is 11.4 Å². The Morgan fingerprint density at radius 1 is 1.38 bits per heavy atom. The molecular formula is C12H15FN2O. The molecule has 2 saturated heterocycles. The Morgan fingerprint density at radius 3 is 2.69 bits per heavy atom.